The van der Waals surface area contributed by atoms with Crippen molar-refractivity contribution in [1.29, 1.82) is 0 Å². The highest BCUT2D eigenvalue weighted by Gasteiger charge is 2.28. The predicted octanol–water partition coefficient (Wildman–Crippen LogP) is 3.01. The fraction of sp³-hybridized carbons (Fsp3) is 0.294. The molecule has 96 valence electrons. The fourth-order valence-corrected chi connectivity index (χ4v) is 3.32. The third-order valence-corrected chi connectivity index (χ3v) is 4.47. The number of hydrogen-bond acceptors (Lipinski definition) is 2. The van der Waals surface area contributed by atoms with Crippen LogP contribution in [0.15, 0.2) is 42.5 Å². The van der Waals surface area contributed by atoms with Crippen molar-refractivity contribution in [3.05, 3.63) is 59.2 Å². The van der Waals surface area contributed by atoms with Gasteiger partial charge in [-0.1, -0.05) is 36.4 Å². The van der Waals surface area contributed by atoms with Crippen LogP contribution < -0.4 is 10.6 Å². The van der Waals surface area contributed by atoms with Gasteiger partial charge in [0.1, 0.15) is 0 Å². The van der Waals surface area contributed by atoms with E-state index in [9.17, 15) is 0 Å². The number of nitrogens with one attached hydrogen (secondary N) is 2. The minimum absolute atomic E-state index is 0.342. The molecular weight excluding hydrogens is 232 g/mol. The van der Waals surface area contributed by atoms with Crippen LogP contribution in [0.1, 0.15) is 35.2 Å². The molecule has 1 saturated heterocycles. The van der Waals surface area contributed by atoms with Gasteiger partial charge in [-0.25, -0.2) is 0 Å². The Balaban J connectivity index is 1.87. The Bertz CT molecular complexity index is 629. The first-order chi connectivity index (χ1) is 9.38. The molecule has 19 heavy (non-hydrogen) atoms. The number of benzene rings is 2. The normalized spacial score (nSPS) is 23.6. The van der Waals surface area contributed by atoms with Crippen molar-refractivity contribution in [3.8, 4) is 11.1 Å². The van der Waals surface area contributed by atoms with E-state index in [4.69, 9.17) is 0 Å². The summed E-state index contributed by atoms with van der Waals surface area (Å²) < 4.78 is 0. The molecule has 0 spiro atoms. The molecule has 2 aromatic carbocycles. The van der Waals surface area contributed by atoms with Gasteiger partial charge in [-0.15, -0.1) is 0 Å². The van der Waals surface area contributed by atoms with Crippen LogP contribution in [-0.2, 0) is 0 Å². The van der Waals surface area contributed by atoms with Gasteiger partial charge in [0.15, 0.2) is 0 Å². The zero-order valence-electron chi connectivity index (χ0n) is 11.1. The Labute approximate surface area is 113 Å². The monoisotopic (exact) mass is 250 g/mol. The highest BCUT2D eigenvalue weighted by Crippen LogP contribution is 2.44. The first-order valence-corrected chi connectivity index (χ1v) is 7.02. The summed E-state index contributed by atoms with van der Waals surface area (Å²) in [4.78, 5) is 0. The predicted molar refractivity (Wildman–Crippen MR) is 78.1 cm³/mol. The molecule has 2 aromatic rings. The molecule has 2 nitrogen and oxygen atoms in total. The quantitative estimate of drug-likeness (QED) is 0.856. The molecule has 2 aliphatic rings. The zero-order valence-corrected chi connectivity index (χ0v) is 11.1. The van der Waals surface area contributed by atoms with Crippen LogP contribution in [0, 0.1) is 0 Å². The first-order valence-electron chi connectivity index (χ1n) is 7.02. The highest BCUT2D eigenvalue weighted by molar-refractivity contribution is 5.79. The van der Waals surface area contributed by atoms with Crippen molar-refractivity contribution in [3.63, 3.8) is 0 Å². The van der Waals surface area contributed by atoms with Crippen molar-refractivity contribution >= 4 is 0 Å². The molecule has 1 heterocycles. The largest absolute Gasteiger partial charge is 0.310 e. The molecule has 0 aromatic heterocycles. The number of hydrogen-bond donors (Lipinski definition) is 2. The zero-order chi connectivity index (χ0) is 12.8. The van der Waals surface area contributed by atoms with Gasteiger partial charge in [-0.3, -0.25) is 0 Å². The lowest BCUT2D eigenvalue weighted by atomic mass is 9.93. The molecule has 2 atom stereocenters. The lowest BCUT2D eigenvalue weighted by molar-refractivity contribution is 0.383. The summed E-state index contributed by atoms with van der Waals surface area (Å²) in [5, 5.41) is 6.92. The lowest BCUT2D eigenvalue weighted by Gasteiger charge is -2.28. The van der Waals surface area contributed by atoms with E-state index >= 15 is 0 Å². The molecule has 1 aliphatic heterocycles. The van der Waals surface area contributed by atoms with Crippen LogP contribution in [0.5, 0.6) is 0 Å². The van der Waals surface area contributed by atoms with Crippen molar-refractivity contribution in [2.75, 3.05) is 13.6 Å². The second-order valence-corrected chi connectivity index (χ2v) is 5.45. The third kappa shape index (κ3) is 1.57. The Hall–Kier alpha value is -1.64. The molecule has 0 radical (unpaired) electrons. The molecular formula is C17H18N2. The number of fused-ring (bicyclic) bond motifs is 3. The van der Waals surface area contributed by atoms with Crippen LogP contribution in [-0.4, -0.2) is 13.6 Å². The molecule has 2 N–H and O–H groups in total. The SMILES string of the molecule is CNC1c2ccccc2-c2cc(C3CCN3)ccc21. The summed E-state index contributed by atoms with van der Waals surface area (Å²) >= 11 is 0. The summed E-state index contributed by atoms with van der Waals surface area (Å²) in [5.74, 6) is 0. The second-order valence-electron chi connectivity index (χ2n) is 5.45. The van der Waals surface area contributed by atoms with Crippen molar-refractivity contribution in [2.24, 2.45) is 0 Å². The van der Waals surface area contributed by atoms with Crippen LogP contribution >= 0.6 is 0 Å². The summed E-state index contributed by atoms with van der Waals surface area (Å²) in [5.41, 5.74) is 7.03. The van der Waals surface area contributed by atoms with Crippen molar-refractivity contribution < 1.29 is 0 Å². The minimum Gasteiger partial charge on any atom is -0.310 e. The molecule has 2 unspecified atom stereocenters. The van der Waals surface area contributed by atoms with Gasteiger partial charge in [0.05, 0.1) is 6.04 Å². The van der Waals surface area contributed by atoms with Crippen molar-refractivity contribution in [1.82, 2.24) is 10.6 Å². The lowest BCUT2D eigenvalue weighted by Crippen LogP contribution is -2.34. The van der Waals surface area contributed by atoms with Crippen LogP contribution in [0.4, 0.5) is 0 Å². The molecule has 0 amide bonds. The van der Waals surface area contributed by atoms with E-state index < -0.39 is 0 Å². The maximum Gasteiger partial charge on any atom is 0.0586 e. The van der Waals surface area contributed by atoms with E-state index in [0.29, 0.717) is 12.1 Å². The Kier molecular flexibility index (Phi) is 2.47. The third-order valence-electron chi connectivity index (χ3n) is 4.47. The minimum atomic E-state index is 0.342. The Morgan fingerprint density at radius 3 is 2.58 bits per heavy atom. The van der Waals surface area contributed by atoms with Gasteiger partial charge in [-0.05, 0) is 53.9 Å². The van der Waals surface area contributed by atoms with E-state index in [0.717, 1.165) is 6.54 Å². The van der Waals surface area contributed by atoms with Gasteiger partial charge in [-0.2, -0.15) is 0 Å². The summed E-state index contributed by atoms with van der Waals surface area (Å²) in [6.45, 7) is 1.15. The molecule has 1 fully saturated rings. The van der Waals surface area contributed by atoms with E-state index in [1.54, 1.807) is 0 Å². The van der Waals surface area contributed by atoms with Gasteiger partial charge < -0.3 is 10.6 Å². The van der Waals surface area contributed by atoms with Gasteiger partial charge in [0.2, 0.25) is 0 Å². The second kappa shape index (κ2) is 4.19. The van der Waals surface area contributed by atoms with E-state index in [-0.39, 0.29) is 0 Å². The summed E-state index contributed by atoms with van der Waals surface area (Å²) in [7, 11) is 2.04. The average Bonchev–Trinajstić information content (AvgIpc) is 2.70. The Morgan fingerprint density at radius 1 is 1.05 bits per heavy atom. The van der Waals surface area contributed by atoms with Crippen molar-refractivity contribution in [2.45, 2.75) is 18.5 Å². The average molecular weight is 250 g/mol. The van der Waals surface area contributed by atoms with E-state index in [1.165, 1.54) is 34.2 Å². The van der Waals surface area contributed by atoms with E-state index in [2.05, 4.69) is 53.1 Å². The molecule has 1 aliphatic carbocycles. The van der Waals surface area contributed by atoms with Crippen LogP contribution in [0.25, 0.3) is 11.1 Å². The summed E-state index contributed by atoms with van der Waals surface area (Å²) in [6.07, 6.45) is 1.26. The standard InChI is InChI=1S/C17H18N2/c1-18-17-13-5-3-2-4-12(13)15-10-11(6-7-14(15)17)16-8-9-19-16/h2-7,10,16-19H,8-9H2,1H3. The maximum atomic E-state index is 3.49. The Morgan fingerprint density at radius 2 is 1.84 bits per heavy atom. The maximum absolute atomic E-state index is 3.49. The molecule has 2 heteroatoms. The topological polar surface area (TPSA) is 24.1 Å². The van der Waals surface area contributed by atoms with Gasteiger partial charge in [0, 0.05) is 6.04 Å². The summed E-state index contributed by atoms with van der Waals surface area (Å²) in [6, 6.07) is 16.6. The number of rotatable bonds is 2. The van der Waals surface area contributed by atoms with Crippen LogP contribution in [0.3, 0.4) is 0 Å². The smallest absolute Gasteiger partial charge is 0.0586 e. The van der Waals surface area contributed by atoms with E-state index in [1.807, 2.05) is 7.05 Å². The highest BCUT2D eigenvalue weighted by atomic mass is 15.0. The molecule has 4 rings (SSSR count). The van der Waals surface area contributed by atoms with Crippen LogP contribution in [0.2, 0.25) is 0 Å². The molecule has 0 bridgehead atoms. The molecule has 0 saturated carbocycles. The van der Waals surface area contributed by atoms with Gasteiger partial charge in [0.25, 0.3) is 0 Å². The first kappa shape index (κ1) is 11.2. The fourth-order valence-electron chi connectivity index (χ4n) is 3.32. The van der Waals surface area contributed by atoms with Gasteiger partial charge >= 0.3 is 0 Å².